The van der Waals surface area contributed by atoms with Gasteiger partial charge < -0.3 is 9.84 Å². The number of hydrogen-bond donors (Lipinski definition) is 1. The van der Waals surface area contributed by atoms with Gasteiger partial charge in [0.15, 0.2) is 0 Å². The number of amides is 1. The van der Waals surface area contributed by atoms with Gasteiger partial charge in [-0.15, -0.1) is 0 Å². The van der Waals surface area contributed by atoms with E-state index in [0.29, 0.717) is 27.6 Å². The first-order valence-corrected chi connectivity index (χ1v) is 10.2. The smallest absolute Gasteiger partial charge is 0.300 e. The molecule has 0 radical (unpaired) electrons. The van der Waals surface area contributed by atoms with Gasteiger partial charge in [-0.05, 0) is 60.2 Å². The molecular formula is C24H16Cl2FNO4. The van der Waals surface area contributed by atoms with E-state index in [0.717, 1.165) is 0 Å². The number of methoxy groups -OCH3 is 1. The van der Waals surface area contributed by atoms with Crippen molar-refractivity contribution in [1.82, 2.24) is 0 Å². The fraction of sp³-hybridized carbons (Fsp3) is 0.0833. The van der Waals surface area contributed by atoms with E-state index in [9.17, 15) is 19.1 Å². The molecule has 1 heterocycles. The van der Waals surface area contributed by atoms with Crippen LogP contribution >= 0.6 is 23.2 Å². The molecule has 0 aromatic heterocycles. The topological polar surface area (TPSA) is 66.8 Å². The molecule has 1 aliphatic heterocycles. The van der Waals surface area contributed by atoms with E-state index in [1.807, 2.05) is 0 Å². The molecule has 1 fully saturated rings. The molecular weight excluding hydrogens is 456 g/mol. The lowest BCUT2D eigenvalue weighted by Crippen LogP contribution is -2.29. The van der Waals surface area contributed by atoms with Gasteiger partial charge in [0.25, 0.3) is 11.7 Å². The SMILES string of the molecule is COc1ccc(N2C(=O)C(=O)/C(=C(/O)c3ccc(Cl)cc3)C2c2ccc(F)cc2)cc1Cl. The largest absolute Gasteiger partial charge is 0.507 e. The number of aliphatic hydroxyl groups is 1. The summed E-state index contributed by atoms with van der Waals surface area (Å²) < 4.78 is 18.7. The Balaban J connectivity index is 1.93. The summed E-state index contributed by atoms with van der Waals surface area (Å²) in [6.07, 6.45) is 0. The molecule has 1 amide bonds. The van der Waals surface area contributed by atoms with Crippen LogP contribution in [0.15, 0.2) is 72.3 Å². The minimum atomic E-state index is -1.00. The third-order valence-electron chi connectivity index (χ3n) is 5.16. The van der Waals surface area contributed by atoms with E-state index in [-0.39, 0.29) is 16.4 Å². The number of hydrogen-bond acceptors (Lipinski definition) is 4. The van der Waals surface area contributed by atoms with E-state index in [1.54, 1.807) is 24.3 Å². The summed E-state index contributed by atoms with van der Waals surface area (Å²) in [6.45, 7) is 0. The van der Waals surface area contributed by atoms with Gasteiger partial charge in [-0.1, -0.05) is 35.3 Å². The van der Waals surface area contributed by atoms with Crippen LogP contribution in [0.3, 0.4) is 0 Å². The maximum absolute atomic E-state index is 13.6. The van der Waals surface area contributed by atoms with E-state index in [2.05, 4.69) is 0 Å². The Morgan fingerprint density at radius 3 is 2.25 bits per heavy atom. The second-order valence-corrected chi connectivity index (χ2v) is 7.89. The zero-order valence-corrected chi connectivity index (χ0v) is 18.2. The monoisotopic (exact) mass is 471 g/mol. The molecule has 0 spiro atoms. The minimum Gasteiger partial charge on any atom is -0.507 e. The van der Waals surface area contributed by atoms with Crippen molar-refractivity contribution >= 4 is 46.3 Å². The van der Waals surface area contributed by atoms with Crippen molar-refractivity contribution in [2.24, 2.45) is 0 Å². The molecule has 0 saturated carbocycles. The summed E-state index contributed by atoms with van der Waals surface area (Å²) in [7, 11) is 1.46. The number of rotatable bonds is 4. The number of nitrogens with zero attached hydrogens (tertiary/aromatic N) is 1. The molecule has 32 heavy (non-hydrogen) atoms. The molecule has 1 unspecified atom stereocenters. The number of carbonyl (C=O) groups excluding carboxylic acids is 2. The maximum Gasteiger partial charge on any atom is 0.300 e. The maximum atomic E-state index is 13.6. The lowest BCUT2D eigenvalue weighted by atomic mass is 9.95. The quantitative estimate of drug-likeness (QED) is 0.298. The Morgan fingerprint density at radius 1 is 1.00 bits per heavy atom. The molecule has 3 aromatic carbocycles. The lowest BCUT2D eigenvalue weighted by Gasteiger charge is -2.26. The summed E-state index contributed by atoms with van der Waals surface area (Å²) in [5, 5.41) is 11.7. The van der Waals surface area contributed by atoms with Crippen LogP contribution in [0.5, 0.6) is 5.75 Å². The second-order valence-electron chi connectivity index (χ2n) is 7.05. The molecule has 4 rings (SSSR count). The minimum absolute atomic E-state index is 0.129. The van der Waals surface area contributed by atoms with Gasteiger partial charge in [0.1, 0.15) is 17.3 Å². The van der Waals surface area contributed by atoms with Crippen LogP contribution in [0.4, 0.5) is 10.1 Å². The predicted molar refractivity (Wildman–Crippen MR) is 121 cm³/mol. The molecule has 8 heteroatoms. The number of carbonyl (C=O) groups is 2. The summed E-state index contributed by atoms with van der Waals surface area (Å²) in [4.78, 5) is 27.4. The summed E-state index contributed by atoms with van der Waals surface area (Å²) >= 11 is 12.2. The normalized spacial score (nSPS) is 17.6. The Labute approximate surface area is 193 Å². The Morgan fingerprint density at radius 2 is 1.66 bits per heavy atom. The second kappa shape index (κ2) is 8.65. The molecule has 1 aliphatic rings. The third kappa shape index (κ3) is 3.83. The highest BCUT2D eigenvalue weighted by Crippen LogP contribution is 2.43. The van der Waals surface area contributed by atoms with Gasteiger partial charge in [-0.3, -0.25) is 14.5 Å². The van der Waals surface area contributed by atoms with Gasteiger partial charge in [0.05, 0.1) is 23.7 Å². The van der Waals surface area contributed by atoms with Crippen molar-refractivity contribution in [3.63, 3.8) is 0 Å². The van der Waals surface area contributed by atoms with Crippen LogP contribution in [0.25, 0.3) is 5.76 Å². The molecule has 0 aliphatic carbocycles. The molecule has 5 nitrogen and oxygen atoms in total. The van der Waals surface area contributed by atoms with Crippen molar-refractivity contribution in [1.29, 1.82) is 0 Å². The van der Waals surface area contributed by atoms with Gasteiger partial charge in [-0.25, -0.2) is 4.39 Å². The van der Waals surface area contributed by atoms with Gasteiger partial charge in [0, 0.05) is 16.3 Å². The van der Waals surface area contributed by atoms with E-state index < -0.39 is 23.5 Å². The number of anilines is 1. The number of benzene rings is 3. The van der Waals surface area contributed by atoms with Gasteiger partial charge in [-0.2, -0.15) is 0 Å². The standard InChI is InChI=1S/C24H16Cl2FNO4/c1-32-19-11-10-17(12-18(19)26)28-21(13-4-8-16(27)9-5-13)20(23(30)24(28)31)22(29)14-2-6-15(25)7-3-14/h2-12,21,29H,1H3/b22-20+. The number of ether oxygens (including phenoxy) is 1. The van der Waals surface area contributed by atoms with Gasteiger partial charge in [0.2, 0.25) is 0 Å². The zero-order valence-electron chi connectivity index (χ0n) is 16.7. The van der Waals surface area contributed by atoms with E-state index in [1.165, 1.54) is 54.5 Å². The molecule has 1 N–H and O–H groups in total. The summed E-state index contributed by atoms with van der Waals surface area (Å²) in [5.41, 5.74) is 0.943. The molecule has 1 atom stereocenters. The summed E-state index contributed by atoms with van der Waals surface area (Å²) in [6, 6.07) is 15.2. The first kappa shape index (κ1) is 21.9. The number of ketones is 1. The van der Waals surface area contributed by atoms with E-state index >= 15 is 0 Å². The van der Waals surface area contributed by atoms with Crippen LogP contribution in [0.2, 0.25) is 10.0 Å². The van der Waals surface area contributed by atoms with Crippen LogP contribution < -0.4 is 9.64 Å². The highest BCUT2D eigenvalue weighted by Gasteiger charge is 2.47. The van der Waals surface area contributed by atoms with Crippen molar-refractivity contribution in [3.8, 4) is 5.75 Å². The third-order valence-corrected chi connectivity index (χ3v) is 5.71. The lowest BCUT2D eigenvalue weighted by molar-refractivity contribution is -0.132. The average molecular weight is 472 g/mol. The fourth-order valence-electron chi connectivity index (χ4n) is 3.63. The summed E-state index contributed by atoms with van der Waals surface area (Å²) in [5.74, 6) is -2.17. The molecule has 0 bridgehead atoms. The highest BCUT2D eigenvalue weighted by atomic mass is 35.5. The average Bonchev–Trinajstić information content (AvgIpc) is 3.05. The molecule has 3 aromatic rings. The van der Waals surface area contributed by atoms with Crippen LogP contribution in [-0.2, 0) is 9.59 Å². The fourth-order valence-corrected chi connectivity index (χ4v) is 4.01. The van der Waals surface area contributed by atoms with Crippen LogP contribution in [0, 0.1) is 5.82 Å². The van der Waals surface area contributed by atoms with Gasteiger partial charge >= 0.3 is 0 Å². The number of halogens is 3. The molecule has 162 valence electrons. The molecule has 1 saturated heterocycles. The predicted octanol–water partition coefficient (Wildman–Crippen LogP) is 5.77. The first-order chi connectivity index (χ1) is 15.3. The van der Waals surface area contributed by atoms with Crippen LogP contribution in [-0.4, -0.2) is 23.9 Å². The highest BCUT2D eigenvalue weighted by molar-refractivity contribution is 6.51. The zero-order chi connectivity index (χ0) is 23.0. The van der Waals surface area contributed by atoms with E-state index in [4.69, 9.17) is 27.9 Å². The number of aliphatic hydroxyl groups excluding tert-OH is 1. The Hall–Kier alpha value is -3.35. The van der Waals surface area contributed by atoms with Crippen molar-refractivity contribution < 1.29 is 23.8 Å². The Bertz CT molecular complexity index is 1240. The first-order valence-electron chi connectivity index (χ1n) is 9.47. The van der Waals surface area contributed by atoms with Crippen LogP contribution in [0.1, 0.15) is 17.2 Å². The van der Waals surface area contributed by atoms with Crippen molar-refractivity contribution in [3.05, 3.63) is 99.3 Å². The Kier molecular flexibility index (Phi) is 5.91. The van der Waals surface area contributed by atoms with Crippen molar-refractivity contribution in [2.45, 2.75) is 6.04 Å². The number of Topliss-reactive ketones (excluding diaryl/α,β-unsaturated/α-hetero) is 1. The van der Waals surface area contributed by atoms with Crippen molar-refractivity contribution in [2.75, 3.05) is 12.0 Å².